The first-order chi connectivity index (χ1) is 13.6. The molecule has 0 aromatic heterocycles. The average molecular weight is 382 g/mol. The van der Waals surface area contributed by atoms with Crippen molar-refractivity contribution in [1.29, 1.82) is 0 Å². The molecule has 3 fully saturated rings. The number of rotatable bonds is 3. The fourth-order valence-electron chi connectivity index (χ4n) is 4.22. The van der Waals surface area contributed by atoms with Crippen LogP contribution >= 0.6 is 0 Å². The van der Waals surface area contributed by atoms with Gasteiger partial charge in [0.2, 0.25) is 18.0 Å². The second-order valence-electron chi connectivity index (χ2n) is 8.15. The van der Waals surface area contributed by atoms with Crippen molar-refractivity contribution in [2.75, 3.05) is 26.2 Å². The summed E-state index contributed by atoms with van der Waals surface area (Å²) >= 11 is 0. The Labute approximate surface area is 163 Å². The van der Waals surface area contributed by atoms with E-state index in [1.54, 1.807) is 0 Å². The van der Waals surface area contributed by atoms with Crippen molar-refractivity contribution in [1.82, 2.24) is 9.80 Å². The smallest absolute Gasteiger partial charge is 0.289 e. The Bertz CT molecular complexity index is 866. The fraction of sp³-hybridized carbons (Fsp3) is 0.524. The van der Waals surface area contributed by atoms with E-state index in [1.807, 2.05) is 40.1 Å². The van der Waals surface area contributed by atoms with Crippen LogP contribution in [-0.4, -0.2) is 65.6 Å². The molecule has 2 amide bonds. The maximum Gasteiger partial charge on any atom is 0.289 e. The maximum atomic E-state index is 14.1. The molecule has 28 heavy (non-hydrogen) atoms. The van der Waals surface area contributed by atoms with Gasteiger partial charge < -0.3 is 9.80 Å². The first kappa shape index (κ1) is 17.5. The van der Waals surface area contributed by atoms with Crippen molar-refractivity contribution in [2.24, 2.45) is 15.9 Å². The molecule has 0 bridgehead atoms. The highest BCUT2D eigenvalue weighted by molar-refractivity contribution is 6.18. The first-order valence-corrected chi connectivity index (χ1v) is 10.0. The van der Waals surface area contributed by atoms with Gasteiger partial charge in [0, 0.05) is 32.1 Å². The van der Waals surface area contributed by atoms with Crippen LogP contribution in [0.15, 0.2) is 40.3 Å². The summed E-state index contributed by atoms with van der Waals surface area (Å²) in [6.45, 7) is 2.24. The minimum absolute atomic E-state index is 0.0907. The summed E-state index contributed by atoms with van der Waals surface area (Å²) in [4.78, 5) is 37.1. The molecule has 2 aliphatic carbocycles. The van der Waals surface area contributed by atoms with Gasteiger partial charge in [-0.15, -0.1) is 0 Å². The van der Waals surface area contributed by atoms with E-state index in [0.717, 1.165) is 31.2 Å². The lowest BCUT2D eigenvalue weighted by atomic mass is 9.94. The number of aliphatic imine (C=N–C) groups is 2. The zero-order valence-electron chi connectivity index (χ0n) is 15.7. The summed E-state index contributed by atoms with van der Waals surface area (Å²) in [6.07, 6.45) is 1.89. The summed E-state index contributed by atoms with van der Waals surface area (Å²) in [5.74, 6) is -0.151. The Morgan fingerprint density at radius 3 is 2.32 bits per heavy atom. The molecule has 5 rings (SSSR count). The second kappa shape index (κ2) is 6.50. The minimum Gasteiger partial charge on any atom is -0.338 e. The van der Waals surface area contributed by atoms with Crippen LogP contribution in [0.4, 0.5) is 4.39 Å². The van der Waals surface area contributed by atoms with Crippen molar-refractivity contribution < 1.29 is 14.0 Å². The summed E-state index contributed by atoms with van der Waals surface area (Å²) in [7, 11) is 0. The van der Waals surface area contributed by atoms with Crippen LogP contribution in [0.5, 0.6) is 0 Å². The number of guanidine groups is 1. The molecular weight excluding hydrogens is 359 g/mol. The number of hydrogen-bond acceptors (Lipinski definition) is 4. The zero-order valence-corrected chi connectivity index (χ0v) is 15.7. The topological polar surface area (TPSA) is 65.3 Å². The quantitative estimate of drug-likeness (QED) is 0.803. The van der Waals surface area contributed by atoms with E-state index in [-0.39, 0.29) is 17.2 Å². The van der Waals surface area contributed by atoms with Gasteiger partial charge in [-0.25, -0.2) is 9.38 Å². The van der Waals surface area contributed by atoms with Gasteiger partial charge in [-0.3, -0.25) is 9.59 Å². The van der Waals surface area contributed by atoms with E-state index in [9.17, 15) is 14.0 Å². The molecule has 0 radical (unpaired) electrons. The highest BCUT2D eigenvalue weighted by atomic mass is 19.1. The maximum absolute atomic E-state index is 14.1. The van der Waals surface area contributed by atoms with Gasteiger partial charge in [-0.1, -0.05) is 30.3 Å². The molecule has 1 unspecified atom stereocenters. The van der Waals surface area contributed by atoms with Gasteiger partial charge in [0.25, 0.3) is 5.91 Å². The van der Waals surface area contributed by atoms with Crippen molar-refractivity contribution in [2.45, 2.75) is 37.3 Å². The number of halogens is 1. The molecule has 6 nitrogen and oxygen atoms in total. The third-order valence-corrected chi connectivity index (χ3v) is 6.25. The third kappa shape index (κ3) is 2.93. The lowest BCUT2D eigenvalue weighted by molar-refractivity contribution is -0.135. The van der Waals surface area contributed by atoms with Crippen LogP contribution in [0.25, 0.3) is 0 Å². The van der Waals surface area contributed by atoms with Crippen LogP contribution in [0, 0.1) is 5.92 Å². The molecule has 1 aromatic carbocycles. The summed E-state index contributed by atoms with van der Waals surface area (Å²) < 4.78 is 14.1. The second-order valence-corrected chi connectivity index (χ2v) is 8.15. The molecule has 1 atom stereocenters. The molecule has 0 N–H and O–H groups in total. The summed E-state index contributed by atoms with van der Waals surface area (Å²) in [5.41, 5.74) is 1.08. The number of nitrogens with zero attached hydrogens (tertiary/aromatic N) is 4. The molecule has 146 valence electrons. The van der Waals surface area contributed by atoms with Gasteiger partial charge in [0.15, 0.2) is 0 Å². The van der Waals surface area contributed by atoms with Crippen molar-refractivity contribution >= 4 is 23.5 Å². The standard InChI is InChI=1S/C21H23FN4O2/c22-16-17(14-6-7-14)23-20(24-18(16)27)26-12-10-25(11-13-26)19(28)21(8-9-21)15-4-2-1-3-5-15/h1-5,14,16H,6-13H2. The van der Waals surface area contributed by atoms with E-state index in [1.165, 1.54) is 0 Å². The number of piperazine rings is 1. The number of carbonyl (C=O) groups excluding carboxylic acids is 2. The number of hydrogen-bond donors (Lipinski definition) is 0. The molecule has 1 aromatic rings. The Hall–Kier alpha value is -2.57. The van der Waals surface area contributed by atoms with E-state index in [4.69, 9.17) is 0 Å². The van der Waals surface area contributed by atoms with Gasteiger partial charge in [0.1, 0.15) is 0 Å². The largest absolute Gasteiger partial charge is 0.338 e. The Balaban J connectivity index is 1.26. The van der Waals surface area contributed by atoms with E-state index in [0.29, 0.717) is 37.9 Å². The van der Waals surface area contributed by atoms with Crippen molar-refractivity contribution in [3.63, 3.8) is 0 Å². The van der Waals surface area contributed by atoms with Gasteiger partial charge in [-0.2, -0.15) is 4.99 Å². The Kier molecular flexibility index (Phi) is 4.07. The summed E-state index contributed by atoms with van der Waals surface area (Å²) in [5, 5.41) is 0. The molecule has 0 spiro atoms. The van der Waals surface area contributed by atoms with E-state index in [2.05, 4.69) is 9.98 Å². The average Bonchev–Trinajstić information content (AvgIpc) is 3.64. The molecule has 4 aliphatic rings. The molecule has 2 heterocycles. The van der Waals surface area contributed by atoms with Crippen LogP contribution in [-0.2, 0) is 15.0 Å². The third-order valence-electron chi connectivity index (χ3n) is 6.25. The van der Waals surface area contributed by atoms with Crippen LogP contribution in [0.2, 0.25) is 0 Å². The molecule has 1 saturated heterocycles. The van der Waals surface area contributed by atoms with E-state index >= 15 is 0 Å². The molecule has 2 aliphatic heterocycles. The van der Waals surface area contributed by atoms with Crippen molar-refractivity contribution in [3.05, 3.63) is 35.9 Å². The fourth-order valence-corrected chi connectivity index (χ4v) is 4.22. The molecular formula is C21H23FN4O2. The molecule has 2 saturated carbocycles. The summed E-state index contributed by atoms with van der Waals surface area (Å²) in [6, 6.07) is 9.99. The zero-order chi connectivity index (χ0) is 19.3. The minimum atomic E-state index is -1.68. The number of amides is 2. The van der Waals surface area contributed by atoms with Gasteiger partial charge >= 0.3 is 0 Å². The highest BCUT2D eigenvalue weighted by Gasteiger charge is 2.53. The molecule has 7 heteroatoms. The van der Waals surface area contributed by atoms with Crippen LogP contribution in [0.3, 0.4) is 0 Å². The lowest BCUT2D eigenvalue weighted by Crippen LogP contribution is -2.53. The monoisotopic (exact) mass is 382 g/mol. The van der Waals surface area contributed by atoms with Gasteiger partial charge in [-0.05, 0) is 31.2 Å². The van der Waals surface area contributed by atoms with Crippen molar-refractivity contribution in [3.8, 4) is 0 Å². The Morgan fingerprint density at radius 2 is 1.71 bits per heavy atom. The highest BCUT2D eigenvalue weighted by Crippen LogP contribution is 2.49. The first-order valence-electron chi connectivity index (χ1n) is 10.0. The predicted octanol–water partition coefficient (Wildman–Crippen LogP) is 1.95. The SMILES string of the molecule is O=C1N=C(N2CCN(C(=O)C3(c4ccccc4)CC3)CC2)N=C(C2CC2)C1F. The Morgan fingerprint density at radius 1 is 1.04 bits per heavy atom. The van der Waals surface area contributed by atoms with Gasteiger partial charge in [0.05, 0.1) is 11.1 Å². The van der Waals surface area contributed by atoms with Crippen LogP contribution < -0.4 is 0 Å². The van der Waals surface area contributed by atoms with Crippen LogP contribution in [0.1, 0.15) is 31.2 Å². The van der Waals surface area contributed by atoms with E-state index < -0.39 is 12.1 Å². The number of alkyl halides is 1. The normalized spacial score (nSPS) is 26.6. The number of benzene rings is 1. The predicted molar refractivity (Wildman–Crippen MR) is 103 cm³/mol. The lowest BCUT2D eigenvalue weighted by Gasteiger charge is -2.37. The number of carbonyl (C=O) groups is 2.